The lowest BCUT2D eigenvalue weighted by molar-refractivity contribution is -0.139. The molecule has 0 saturated carbocycles. The third kappa shape index (κ3) is 4.61. The molecule has 1 atom stereocenters. The number of hydrogen-bond acceptors (Lipinski definition) is 3. The Bertz CT molecular complexity index is 550. The summed E-state index contributed by atoms with van der Waals surface area (Å²) in [6.07, 6.45) is -0.315. The second-order valence-electron chi connectivity index (χ2n) is 3.99. The zero-order chi connectivity index (χ0) is 15.3. The lowest BCUT2D eigenvalue weighted by Gasteiger charge is -2.14. The summed E-state index contributed by atoms with van der Waals surface area (Å²) in [6, 6.07) is 2.20. The lowest BCUT2D eigenvalue weighted by atomic mass is 10.1. The van der Waals surface area contributed by atoms with Gasteiger partial charge >= 0.3 is 5.97 Å². The number of carboxylic acids is 1. The van der Waals surface area contributed by atoms with Crippen molar-refractivity contribution < 1.29 is 23.9 Å². The average Bonchev–Trinajstić information content (AvgIpc) is 2.36. The number of carbonyl (C=O) groups excluding carboxylic acids is 2. The molecule has 0 saturated heterocycles. The zero-order valence-electron chi connectivity index (χ0n) is 10.2. The molecule has 0 radical (unpaired) electrons. The minimum atomic E-state index is -1.30. The van der Waals surface area contributed by atoms with E-state index in [0.29, 0.717) is 4.47 Å². The monoisotopic (exact) mass is 346 g/mol. The van der Waals surface area contributed by atoms with Gasteiger partial charge in [-0.25, -0.2) is 9.18 Å². The van der Waals surface area contributed by atoms with Crippen LogP contribution in [0, 0.1) is 5.82 Å². The standard InChI is InChI=1S/C12H12BrFN2O4/c13-8-2-1-6(14)5-7(8)11(18)16-9(12(19)20)3-4-10(15)17/h1-2,5,9H,3-4H2,(H2,15,17)(H,16,18)(H,19,20). The van der Waals surface area contributed by atoms with Gasteiger partial charge in [0.2, 0.25) is 5.91 Å². The van der Waals surface area contributed by atoms with Crippen molar-refractivity contribution in [3.05, 3.63) is 34.1 Å². The molecule has 6 nitrogen and oxygen atoms in total. The number of hydrogen-bond donors (Lipinski definition) is 3. The summed E-state index contributed by atoms with van der Waals surface area (Å²) in [5.74, 6) is -3.35. The predicted molar refractivity (Wildman–Crippen MR) is 71.4 cm³/mol. The van der Waals surface area contributed by atoms with E-state index in [9.17, 15) is 18.8 Å². The number of carboxylic acid groups (broad SMARTS) is 1. The number of nitrogens with two attached hydrogens (primary N) is 1. The van der Waals surface area contributed by atoms with E-state index in [1.807, 2.05) is 0 Å². The third-order valence-corrected chi connectivity index (χ3v) is 3.15. The first-order chi connectivity index (χ1) is 9.31. The van der Waals surface area contributed by atoms with Crippen LogP contribution >= 0.6 is 15.9 Å². The molecule has 0 aromatic heterocycles. The summed E-state index contributed by atoms with van der Waals surface area (Å²) < 4.78 is 13.4. The molecule has 1 aromatic rings. The molecule has 0 bridgehead atoms. The summed E-state index contributed by atoms with van der Waals surface area (Å²) in [4.78, 5) is 33.5. The Labute approximate surface area is 122 Å². The highest BCUT2D eigenvalue weighted by Gasteiger charge is 2.22. The Morgan fingerprint density at radius 2 is 2.05 bits per heavy atom. The van der Waals surface area contributed by atoms with Gasteiger partial charge in [0.05, 0.1) is 5.56 Å². The second kappa shape index (κ2) is 6.99. The number of primary amides is 1. The highest BCUT2D eigenvalue weighted by Crippen LogP contribution is 2.18. The Hall–Kier alpha value is -1.96. The van der Waals surface area contributed by atoms with Crippen LogP contribution < -0.4 is 11.1 Å². The molecular weight excluding hydrogens is 335 g/mol. The Morgan fingerprint density at radius 3 is 2.60 bits per heavy atom. The average molecular weight is 347 g/mol. The van der Waals surface area contributed by atoms with Crippen LogP contribution in [0.1, 0.15) is 23.2 Å². The van der Waals surface area contributed by atoms with Gasteiger partial charge in [-0.1, -0.05) is 0 Å². The van der Waals surface area contributed by atoms with Crippen LogP contribution in [-0.2, 0) is 9.59 Å². The number of halogens is 2. The predicted octanol–water partition coefficient (Wildman–Crippen LogP) is 1.04. The summed E-state index contributed by atoms with van der Waals surface area (Å²) in [5.41, 5.74) is 4.89. The second-order valence-corrected chi connectivity index (χ2v) is 4.85. The van der Waals surface area contributed by atoms with E-state index in [4.69, 9.17) is 10.8 Å². The quantitative estimate of drug-likeness (QED) is 0.714. The maximum Gasteiger partial charge on any atom is 0.326 e. The van der Waals surface area contributed by atoms with E-state index in [-0.39, 0.29) is 18.4 Å². The van der Waals surface area contributed by atoms with E-state index >= 15 is 0 Å². The topological polar surface area (TPSA) is 109 Å². The summed E-state index contributed by atoms with van der Waals surface area (Å²) in [5, 5.41) is 11.2. The molecule has 1 rings (SSSR count). The van der Waals surface area contributed by atoms with Gasteiger partial charge in [0.25, 0.3) is 5.91 Å². The van der Waals surface area contributed by atoms with Crippen molar-refractivity contribution in [3.8, 4) is 0 Å². The SMILES string of the molecule is NC(=O)CCC(NC(=O)c1cc(F)ccc1Br)C(=O)O. The molecule has 1 unspecified atom stereocenters. The zero-order valence-corrected chi connectivity index (χ0v) is 11.8. The molecule has 0 aliphatic rings. The van der Waals surface area contributed by atoms with Crippen LogP contribution in [0.5, 0.6) is 0 Å². The third-order valence-electron chi connectivity index (χ3n) is 2.46. The molecule has 0 heterocycles. The first-order valence-electron chi connectivity index (χ1n) is 5.58. The fourth-order valence-corrected chi connectivity index (χ4v) is 1.88. The van der Waals surface area contributed by atoms with E-state index in [0.717, 1.165) is 12.1 Å². The van der Waals surface area contributed by atoms with Crippen LogP contribution in [0.4, 0.5) is 4.39 Å². The van der Waals surface area contributed by atoms with Gasteiger partial charge in [-0.2, -0.15) is 0 Å². The molecule has 0 aliphatic heterocycles. The van der Waals surface area contributed by atoms with Gasteiger partial charge in [0, 0.05) is 10.9 Å². The highest BCUT2D eigenvalue weighted by molar-refractivity contribution is 9.10. The van der Waals surface area contributed by atoms with Gasteiger partial charge in [-0.15, -0.1) is 0 Å². The molecule has 4 N–H and O–H groups in total. The summed E-state index contributed by atoms with van der Waals surface area (Å²) in [7, 11) is 0. The van der Waals surface area contributed by atoms with Gasteiger partial charge in [0.1, 0.15) is 11.9 Å². The Morgan fingerprint density at radius 1 is 1.40 bits per heavy atom. The van der Waals surface area contributed by atoms with Crippen molar-refractivity contribution in [2.45, 2.75) is 18.9 Å². The van der Waals surface area contributed by atoms with Gasteiger partial charge < -0.3 is 16.2 Å². The summed E-state index contributed by atoms with van der Waals surface area (Å²) in [6.45, 7) is 0. The van der Waals surface area contributed by atoms with E-state index < -0.39 is 29.6 Å². The first-order valence-corrected chi connectivity index (χ1v) is 6.37. The minimum absolute atomic E-state index is 0.0321. The lowest BCUT2D eigenvalue weighted by Crippen LogP contribution is -2.41. The fraction of sp³-hybridized carbons (Fsp3) is 0.250. The number of carbonyl (C=O) groups is 3. The molecule has 0 spiro atoms. The fourth-order valence-electron chi connectivity index (χ4n) is 1.45. The molecule has 108 valence electrons. The van der Waals surface area contributed by atoms with Crippen LogP contribution in [0.2, 0.25) is 0 Å². The van der Waals surface area contributed by atoms with E-state index in [1.165, 1.54) is 6.07 Å². The highest BCUT2D eigenvalue weighted by atomic mass is 79.9. The van der Waals surface area contributed by atoms with Crippen molar-refractivity contribution in [2.75, 3.05) is 0 Å². The maximum absolute atomic E-state index is 13.1. The largest absolute Gasteiger partial charge is 0.480 e. The first kappa shape index (κ1) is 16.1. The van der Waals surface area contributed by atoms with Crippen LogP contribution in [0.3, 0.4) is 0 Å². The maximum atomic E-state index is 13.1. The minimum Gasteiger partial charge on any atom is -0.480 e. The number of benzene rings is 1. The van der Waals surface area contributed by atoms with Gasteiger partial charge in [-0.3, -0.25) is 9.59 Å². The van der Waals surface area contributed by atoms with Gasteiger partial charge in [0.15, 0.2) is 0 Å². The van der Waals surface area contributed by atoms with Crippen molar-refractivity contribution in [1.82, 2.24) is 5.32 Å². The van der Waals surface area contributed by atoms with E-state index in [1.54, 1.807) is 0 Å². The molecule has 0 aliphatic carbocycles. The summed E-state index contributed by atoms with van der Waals surface area (Å²) >= 11 is 3.07. The molecule has 2 amide bonds. The van der Waals surface area contributed by atoms with Crippen LogP contribution in [-0.4, -0.2) is 28.9 Å². The van der Waals surface area contributed by atoms with Crippen molar-refractivity contribution in [2.24, 2.45) is 5.73 Å². The van der Waals surface area contributed by atoms with Gasteiger partial charge in [-0.05, 0) is 40.5 Å². The van der Waals surface area contributed by atoms with Crippen molar-refractivity contribution >= 4 is 33.7 Å². The smallest absolute Gasteiger partial charge is 0.326 e. The molecular formula is C12H12BrFN2O4. The number of amides is 2. The number of rotatable bonds is 6. The molecule has 20 heavy (non-hydrogen) atoms. The van der Waals surface area contributed by atoms with E-state index in [2.05, 4.69) is 21.2 Å². The molecule has 1 aromatic carbocycles. The van der Waals surface area contributed by atoms with Crippen molar-refractivity contribution in [3.63, 3.8) is 0 Å². The van der Waals surface area contributed by atoms with Crippen LogP contribution in [0.25, 0.3) is 0 Å². The molecule has 0 fully saturated rings. The molecule has 8 heteroatoms. The Balaban J connectivity index is 2.82. The van der Waals surface area contributed by atoms with Crippen LogP contribution in [0.15, 0.2) is 22.7 Å². The Kier molecular flexibility index (Phi) is 5.63. The number of nitrogens with one attached hydrogen (secondary N) is 1. The number of aliphatic carboxylic acids is 1. The van der Waals surface area contributed by atoms with Crippen molar-refractivity contribution in [1.29, 1.82) is 0 Å². The normalized spacial score (nSPS) is 11.7.